The fourth-order valence-corrected chi connectivity index (χ4v) is 2.97. The van der Waals surface area contributed by atoms with Crippen LogP contribution in [-0.4, -0.2) is 50.4 Å². The van der Waals surface area contributed by atoms with E-state index in [9.17, 15) is 9.59 Å². The Bertz CT molecular complexity index is 765. The lowest BCUT2D eigenvalue weighted by Gasteiger charge is -2.18. The van der Waals surface area contributed by atoms with Crippen molar-refractivity contribution in [3.8, 4) is 0 Å². The summed E-state index contributed by atoms with van der Waals surface area (Å²) in [5.41, 5.74) is 10.2. The van der Waals surface area contributed by atoms with Crippen LogP contribution >= 0.6 is 0 Å². The number of nitrogens with zero attached hydrogens (tertiary/aromatic N) is 2. The lowest BCUT2D eigenvalue weighted by molar-refractivity contribution is -0.142. The molecule has 0 spiro atoms. The Hall–Kier alpha value is -2.38. The number of rotatable bonds is 12. The second kappa shape index (κ2) is 12.2. The van der Waals surface area contributed by atoms with Crippen molar-refractivity contribution in [1.29, 1.82) is 0 Å². The summed E-state index contributed by atoms with van der Waals surface area (Å²) in [5.74, 6) is -1.60. The summed E-state index contributed by atoms with van der Waals surface area (Å²) >= 11 is 0. The highest BCUT2D eigenvalue weighted by Crippen LogP contribution is 2.22. The van der Waals surface area contributed by atoms with Gasteiger partial charge < -0.3 is 19.4 Å². The normalized spacial score (nSPS) is 12.8. The summed E-state index contributed by atoms with van der Waals surface area (Å²) in [6.45, 7) is 10.8. The van der Waals surface area contributed by atoms with Crippen LogP contribution in [0, 0.1) is 0 Å². The van der Waals surface area contributed by atoms with E-state index in [4.69, 9.17) is 19.4 Å². The Morgan fingerprint density at radius 3 is 2.41 bits per heavy atom. The number of hydrogen-bond donors (Lipinski definition) is 0. The van der Waals surface area contributed by atoms with Crippen LogP contribution in [0.2, 0.25) is 19.6 Å². The van der Waals surface area contributed by atoms with E-state index >= 15 is 0 Å². The first-order valence-corrected chi connectivity index (χ1v) is 13.0. The SMILES string of the molecule is CCOC(=O)C(=[N+]=[N-])C(=O)C[C@@H](OC/C=C(\C)CO[Si](C)(C)C)c1ccccc1. The predicted molar refractivity (Wildman–Crippen MR) is 113 cm³/mol. The minimum atomic E-state index is -1.60. The predicted octanol–water partition coefficient (Wildman–Crippen LogP) is 3.74. The molecule has 0 radical (unpaired) electrons. The second-order valence-corrected chi connectivity index (χ2v) is 12.0. The zero-order valence-electron chi connectivity index (χ0n) is 17.8. The summed E-state index contributed by atoms with van der Waals surface area (Å²) in [5, 5.41) is 0. The van der Waals surface area contributed by atoms with Gasteiger partial charge in [-0.2, -0.15) is 4.79 Å². The Labute approximate surface area is 173 Å². The number of ketones is 1. The van der Waals surface area contributed by atoms with Crippen LogP contribution in [0.25, 0.3) is 5.53 Å². The standard InChI is InChI=1S/C21H30N2O5Si/c1-6-26-21(25)20(23-22)18(24)14-19(17-10-8-7-9-11-17)27-13-12-16(2)15-28-29(3,4)5/h7-12,19H,6,13-15H2,1-5H3/b16-12+/t19-/m1/s1. The molecule has 1 aromatic rings. The fourth-order valence-electron chi connectivity index (χ4n) is 2.31. The molecule has 0 heterocycles. The fraction of sp³-hybridized carbons (Fsp3) is 0.476. The Morgan fingerprint density at radius 2 is 1.86 bits per heavy atom. The molecule has 1 aromatic carbocycles. The quantitative estimate of drug-likeness (QED) is 0.0979. The van der Waals surface area contributed by atoms with E-state index in [2.05, 4.69) is 24.4 Å². The smallest absolute Gasteiger partial charge is 0.441 e. The van der Waals surface area contributed by atoms with Gasteiger partial charge in [0.1, 0.15) is 0 Å². The zero-order valence-corrected chi connectivity index (χ0v) is 18.8. The van der Waals surface area contributed by atoms with Crippen molar-refractivity contribution < 1.29 is 28.3 Å². The summed E-state index contributed by atoms with van der Waals surface area (Å²) in [4.78, 5) is 27.1. The van der Waals surface area contributed by atoms with Gasteiger partial charge in [-0.25, -0.2) is 4.79 Å². The average molecular weight is 419 g/mol. The Kier molecular flexibility index (Phi) is 10.4. The molecule has 0 saturated carbocycles. The highest BCUT2D eigenvalue weighted by molar-refractivity contribution is 6.69. The van der Waals surface area contributed by atoms with Crippen molar-refractivity contribution in [1.82, 2.24) is 0 Å². The van der Waals surface area contributed by atoms with Crippen molar-refractivity contribution in [2.24, 2.45) is 0 Å². The molecule has 0 fully saturated rings. The highest BCUT2D eigenvalue weighted by atomic mass is 28.4. The Balaban J connectivity index is 2.84. The molecular formula is C21H30N2O5Si. The van der Waals surface area contributed by atoms with Crippen molar-refractivity contribution in [2.75, 3.05) is 19.8 Å². The van der Waals surface area contributed by atoms with Gasteiger partial charge in [0.15, 0.2) is 8.32 Å². The van der Waals surface area contributed by atoms with Gasteiger partial charge in [-0.3, -0.25) is 4.79 Å². The van der Waals surface area contributed by atoms with E-state index in [0.717, 1.165) is 11.1 Å². The molecule has 0 saturated heterocycles. The van der Waals surface area contributed by atoms with Crippen LogP contribution in [0.1, 0.15) is 31.9 Å². The molecule has 7 nitrogen and oxygen atoms in total. The lowest BCUT2D eigenvalue weighted by atomic mass is 10.0. The van der Waals surface area contributed by atoms with Gasteiger partial charge in [0, 0.05) is 6.42 Å². The van der Waals surface area contributed by atoms with E-state index in [1.54, 1.807) is 6.92 Å². The minimum absolute atomic E-state index is 0.0767. The van der Waals surface area contributed by atoms with Gasteiger partial charge in [0.25, 0.3) is 5.78 Å². The highest BCUT2D eigenvalue weighted by Gasteiger charge is 2.33. The largest absolute Gasteiger partial charge is 0.457 e. The molecule has 158 valence electrons. The maximum atomic E-state index is 12.5. The molecular weight excluding hydrogens is 388 g/mol. The molecule has 0 aliphatic carbocycles. The third-order valence-electron chi connectivity index (χ3n) is 3.84. The number of carbonyl (C=O) groups excluding carboxylic acids is 2. The van der Waals surface area contributed by atoms with Crippen molar-refractivity contribution in [3.05, 3.63) is 53.1 Å². The number of esters is 1. The summed E-state index contributed by atoms with van der Waals surface area (Å²) in [6, 6.07) is 9.21. The van der Waals surface area contributed by atoms with Crippen LogP contribution in [0.4, 0.5) is 0 Å². The Morgan fingerprint density at radius 1 is 1.21 bits per heavy atom. The van der Waals surface area contributed by atoms with Crippen LogP contribution in [-0.2, 0) is 23.5 Å². The first kappa shape index (κ1) is 24.7. The molecule has 29 heavy (non-hydrogen) atoms. The van der Waals surface area contributed by atoms with Crippen molar-refractivity contribution in [3.63, 3.8) is 0 Å². The maximum absolute atomic E-state index is 12.5. The number of benzene rings is 1. The molecule has 1 atom stereocenters. The van der Waals surface area contributed by atoms with Crippen molar-refractivity contribution >= 4 is 25.8 Å². The molecule has 0 aliphatic rings. The van der Waals surface area contributed by atoms with Crippen LogP contribution in [0.3, 0.4) is 0 Å². The average Bonchev–Trinajstić information content (AvgIpc) is 2.66. The third kappa shape index (κ3) is 9.58. The topological polar surface area (TPSA) is 98.2 Å². The third-order valence-corrected chi connectivity index (χ3v) is 4.85. The van der Waals surface area contributed by atoms with E-state index in [-0.39, 0.29) is 19.6 Å². The molecule has 0 N–H and O–H groups in total. The van der Waals surface area contributed by atoms with Crippen molar-refractivity contribution in [2.45, 2.75) is 46.0 Å². The lowest BCUT2D eigenvalue weighted by Crippen LogP contribution is -2.29. The first-order valence-electron chi connectivity index (χ1n) is 9.56. The van der Waals surface area contributed by atoms with Crippen LogP contribution in [0.5, 0.6) is 0 Å². The molecule has 0 bridgehead atoms. The number of carbonyl (C=O) groups is 2. The molecule has 0 amide bonds. The van der Waals surface area contributed by atoms with E-state index in [1.165, 1.54) is 0 Å². The summed E-state index contributed by atoms with van der Waals surface area (Å²) in [7, 11) is -1.60. The van der Waals surface area contributed by atoms with Crippen LogP contribution in [0.15, 0.2) is 42.0 Å². The number of hydrogen-bond acceptors (Lipinski definition) is 5. The van der Waals surface area contributed by atoms with Gasteiger partial charge in [0.05, 0.1) is 25.9 Å². The van der Waals surface area contributed by atoms with Gasteiger partial charge in [-0.15, -0.1) is 0 Å². The number of Topliss-reactive ketones (excluding diaryl/α,β-unsaturated/α-hetero) is 1. The minimum Gasteiger partial charge on any atom is -0.457 e. The van der Waals surface area contributed by atoms with E-state index < -0.39 is 31.9 Å². The molecule has 8 heteroatoms. The molecule has 0 unspecified atom stereocenters. The molecule has 1 rings (SSSR count). The summed E-state index contributed by atoms with van der Waals surface area (Å²) in [6.07, 6.45) is 1.16. The first-order chi connectivity index (χ1) is 13.7. The monoisotopic (exact) mass is 418 g/mol. The molecule has 0 aliphatic heterocycles. The van der Waals surface area contributed by atoms with Gasteiger partial charge >= 0.3 is 11.7 Å². The second-order valence-electron chi connectivity index (χ2n) is 7.48. The zero-order chi connectivity index (χ0) is 21.9. The van der Waals surface area contributed by atoms with E-state index in [1.807, 2.05) is 43.3 Å². The van der Waals surface area contributed by atoms with E-state index in [0.29, 0.717) is 6.61 Å². The van der Waals surface area contributed by atoms with Crippen LogP contribution < -0.4 is 0 Å². The van der Waals surface area contributed by atoms with Gasteiger partial charge in [-0.05, 0) is 39.1 Å². The van der Waals surface area contributed by atoms with Gasteiger partial charge in [-0.1, -0.05) is 42.0 Å². The van der Waals surface area contributed by atoms with Gasteiger partial charge in [0.2, 0.25) is 0 Å². The maximum Gasteiger partial charge on any atom is 0.441 e. The number of ether oxygens (including phenoxy) is 2. The summed E-state index contributed by atoms with van der Waals surface area (Å²) < 4.78 is 16.5. The molecule has 0 aromatic heterocycles.